The number of pyridine rings is 1. The van der Waals surface area contributed by atoms with E-state index >= 15 is 0 Å². The van der Waals surface area contributed by atoms with Crippen molar-refractivity contribution in [1.82, 2.24) is 15.6 Å². The fourth-order valence-corrected chi connectivity index (χ4v) is 1.72. The van der Waals surface area contributed by atoms with Crippen LogP contribution >= 0.6 is 0 Å². The fraction of sp³-hybridized carbons (Fsp3) is 0.417. The summed E-state index contributed by atoms with van der Waals surface area (Å²) >= 11 is 0. The lowest BCUT2D eigenvalue weighted by atomic mass is 9.98. The van der Waals surface area contributed by atoms with Gasteiger partial charge in [0, 0.05) is 12.2 Å². The Labute approximate surface area is 100 Å². The molecule has 2 rings (SSSR count). The van der Waals surface area contributed by atoms with E-state index in [1.54, 1.807) is 13.1 Å². The first kappa shape index (κ1) is 11.6. The first-order valence-electron chi connectivity index (χ1n) is 5.61. The third-order valence-corrected chi connectivity index (χ3v) is 2.62. The molecule has 1 aliphatic rings. The first-order valence-corrected chi connectivity index (χ1v) is 5.61. The largest absolute Gasteiger partial charge is 0.337 e. The zero-order chi connectivity index (χ0) is 12.5. The van der Waals surface area contributed by atoms with Crippen molar-refractivity contribution < 1.29 is 4.79 Å². The molecule has 5 nitrogen and oxygen atoms in total. The highest BCUT2D eigenvalue weighted by Gasteiger charge is 2.43. The van der Waals surface area contributed by atoms with E-state index in [9.17, 15) is 4.79 Å². The van der Waals surface area contributed by atoms with E-state index in [0.717, 1.165) is 0 Å². The Morgan fingerprint density at radius 3 is 2.76 bits per heavy atom. The summed E-state index contributed by atoms with van der Waals surface area (Å²) in [5.41, 5.74) is -0.152. The third kappa shape index (κ3) is 2.13. The molecule has 1 aromatic heterocycles. The standard InChI is InChI=1S/C12H16N4O/c1-8(2)14-11-15-10(17)12(3,16-11)9-6-4-5-7-13-9/h4-8H,1-3H3,(H2,14,15,16,17). The van der Waals surface area contributed by atoms with E-state index in [-0.39, 0.29) is 11.9 Å². The third-order valence-electron chi connectivity index (χ3n) is 2.62. The van der Waals surface area contributed by atoms with Crippen molar-refractivity contribution in [3.05, 3.63) is 30.1 Å². The summed E-state index contributed by atoms with van der Waals surface area (Å²) in [6, 6.07) is 5.64. The fourth-order valence-electron chi connectivity index (χ4n) is 1.72. The molecule has 0 spiro atoms. The highest BCUT2D eigenvalue weighted by Crippen LogP contribution is 2.21. The van der Waals surface area contributed by atoms with Crippen molar-refractivity contribution in [2.45, 2.75) is 32.4 Å². The molecule has 90 valence electrons. The molecule has 1 saturated heterocycles. The maximum Gasteiger partial charge on any atom is 0.258 e. The van der Waals surface area contributed by atoms with Gasteiger partial charge in [-0.25, -0.2) is 0 Å². The van der Waals surface area contributed by atoms with Gasteiger partial charge in [-0.15, -0.1) is 0 Å². The molecule has 0 bridgehead atoms. The second-order valence-electron chi connectivity index (χ2n) is 4.49. The number of aromatic nitrogens is 1. The smallest absolute Gasteiger partial charge is 0.258 e. The molecule has 1 unspecified atom stereocenters. The number of guanidine groups is 1. The Morgan fingerprint density at radius 1 is 1.41 bits per heavy atom. The Hall–Kier alpha value is -1.91. The second-order valence-corrected chi connectivity index (χ2v) is 4.49. The van der Waals surface area contributed by atoms with E-state index in [0.29, 0.717) is 11.7 Å². The summed E-state index contributed by atoms with van der Waals surface area (Å²) in [5, 5.41) is 5.83. The van der Waals surface area contributed by atoms with E-state index in [2.05, 4.69) is 20.6 Å². The molecule has 1 aromatic rings. The van der Waals surface area contributed by atoms with Gasteiger partial charge in [-0.1, -0.05) is 6.07 Å². The Kier molecular flexibility index (Phi) is 2.83. The van der Waals surface area contributed by atoms with E-state index in [1.807, 2.05) is 32.0 Å². The van der Waals surface area contributed by atoms with E-state index in [4.69, 9.17) is 0 Å². The number of carbonyl (C=O) groups excluding carboxylic acids is 1. The van der Waals surface area contributed by atoms with Gasteiger partial charge in [-0.05, 0) is 32.9 Å². The average molecular weight is 232 g/mol. The van der Waals surface area contributed by atoms with E-state index in [1.165, 1.54) is 0 Å². The minimum Gasteiger partial charge on any atom is -0.337 e. The van der Waals surface area contributed by atoms with Crippen LogP contribution in [0.15, 0.2) is 29.4 Å². The van der Waals surface area contributed by atoms with Crippen LogP contribution < -0.4 is 10.6 Å². The molecule has 2 heterocycles. The first-order chi connectivity index (χ1) is 8.02. The molecule has 1 atom stereocenters. The zero-order valence-corrected chi connectivity index (χ0v) is 10.2. The molecule has 0 aliphatic carbocycles. The Morgan fingerprint density at radius 2 is 2.18 bits per heavy atom. The van der Waals surface area contributed by atoms with Gasteiger partial charge in [0.05, 0.1) is 5.69 Å². The summed E-state index contributed by atoms with van der Waals surface area (Å²) in [6.07, 6.45) is 1.67. The van der Waals surface area contributed by atoms with Crippen LogP contribution in [0.25, 0.3) is 0 Å². The zero-order valence-electron chi connectivity index (χ0n) is 10.2. The van der Waals surface area contributed by atoms with Gasteiger partial charge in [0.2, 0.25) is 0 Å². The molecule has 1 amide bonds. The van der Waals surface area contributed by atoms with Crippen molar-refractivity contribution in [2.75, 3.05) is 0 Å². The summed E-state index contributed by atoms with van der Waals surface area (Å²) in [7, 11) is 0. The van der Waals surface area contributed by atoms with Crippen molar-refractivity contribution in [3.8, 4) is 0 Å². The topological polar surface area (TPSA) is 66.4 Å². The molecule has 1 aliphatic heterocycles. The predicted molar refractivity (Wildman–Crippen MR) is 65.4 cm³/mol. The van der Waals surface area contributed by atoms with Gasteiger partial charge in [0.25, 0.3) is 5.91 Å². The van der Waals surface area contributed by atoms with Crippen molar-refractivity contribution in [2.24, 2.45) is 4.99 Å². The number of aliphatic imine (C=N–C) groups is 1. The van der Waals surface area contributed by atoms with Crippen LogP contribution in [0.4, 0.5) is 0 Å². The normalized spacial score (nSPS) is 26.1. The maximum atomic E-state index is 12.0. The average Bonchev–Trinajstić information content (AvgIpc) is 2.56. The molecular weight excluding hydrogens is 216 g/mol. The quantitative estimate of drug-likeness (QED) is 0.792. The minimum atomic E-state index is -0.838. The minimum absolute atomic E-state index is 0.129. The van der Waals surface area contributed by atoms with Crippen LogP contribution in [0.3, 0.4) is 0 Å². The van der Waals surface area contributed by atoms with Crippen LogP contribution in [0, 0.1) is 0 Å². The van der Waals surface area contributed by atoms with Crippen LogP contribution in [0.5, 0.6) is 0 Å². The molecule has 5 heteroatoms. The van der Waals surface area contributed by atoms with Crippen LogP contribution in [-0.4, -0.2) is 22.9 Å². The van der Waals surface area contributed by atoms with Crippen LogP contribution in [-0.2, 0) is 10.3 Å². The van der Waals surface area contributed by atoms with E-state index < -0.39 is 5.54 Å². The van der Waals surface area contributed by atoms with Crippen molar-refractivity contribution >= 4 is 11.9 Å². The number of amides is 1. The molecule has 2 N–H and O–H groups in total. The lowest BCUT2D eigenvalue weighted by molar-refractivity contribution is -0.123. The summed E-state index contributed by atoms with van der Waals surface area (Å²) < 4.78 is 0. The van der Waals surface area contributed by atoms with Gasteiger partial charge in [-0.2, -0.15) is 0 Å². The van der Waals surface area contributed by atoms with Gasteiger partial charge in [0.1, 0.15) is 0 Å². The Balaban J connectivity index is 2.31. The molecule has 17 heavy (non-hydrogen) atoms. The lowest BCUT2D eigenvalue weighted by Gasteiger charge is -2.20. The summed E-state index contributed by atoms with van der Waals surface area (Å²) in [5.74, 6) is 0.383. The highest BCUT2D eigenvalue weighted by molar-refractivity contribution is 6.08. The molecule has 0 aromatic carbocycles. The lowest BCUT2D eigenvalue weighted by Crippen LogP contribution is -2.41. The molecule has 0 radical (unpaired) electrons. The number of hydrogen-bond donors (Lipinski definition) is 2. The monoisotopic (exact) mass is 232 g/mol. The van der Waals surface area contributed by atoms with Crippen molar-refractivity contribution in [3.63, 3.8) is 0 Å². The van der Waals surface area contributed by atoms with Gasteiger partial charge in [0.15, 0.2) is 11.5 Å². The van der Waals surface area contributed by atoms with Gasteiger partial charge < -0.3 is 5.32 Å². The second kappa shape index (κ2) is 4.16. The number of nitrogens with one attached hydrogen (secondary N) is 2. The van der Waals surface area contributed by atoms with Crippen LogP contribution in [0.1, 0.15) is 26.5 Å². The highest BCUT2D eigenvalue weighted by atomic mass is 16.2. The number of carbonyl (C=O) groups is 1. The Bertz CT molecular complexity index is 455. The van der Waals surface area contributed by atoms with Crippen molar-refractivity contribution in [1.29, 1.82) is 0 Å². The number of rotatable bonds is 2. The van der Waals surface area contributed by atoms with Gasteiger partial charge in [-0.3, -0.25) is 20.1 Å². The summed E-state index contributed by atoms with van der Waals surface area (Å²) in [6.45, 7) is 5.71. The van der Waals surface area contributed by atoms with Crippen LogP contribution in [0.2, 0.25) is 0 Å². The summed E-state index contributed by atoms with van der Waals surface area (Å²) in [4.78, 5) is 20.5. The SMILES string of the molecule is CC(C)N=C1NC(=O)C(C)(c2ccccn2)N1. The molecule has 1 fully saturated rings. The number of hydrogen-bond acceptors (Lipinski definition) is 3. The molecular formula is C12H16N4O. The molecule has 0 saturated carbocycles. The van der Waals surface area contributed by atoms with Gasteiger partial charge >= 0.3 is 0 Å². The predicted octanol–water partition coefficient (Wildman–Crippen LogP) is 0.781. The maximum absolute atomic E-state index is 12.0. The number of nitrogens with zero attached hydrogens (tertiary/aromatic N) is 2.